The Labute approximate surface area is 594 Å². The van der Waals surface area contributed by atoms with Gasteiger partial charge >= 0.3 is 39.5 Å². The van der Waals surface area contributed by atoms with Gasteiger partial charge in [0.15, 0.2) is 12.2 Å². The maximum Gasteiger partial charge on any atom is 0.472 e. The Bertz CT molecular complexity index is 1890. The highest BCUT2D eigenvalue weighted by Crippen LogP contribution is 2.45. The van der Waals surface area contributed by atoms with Gasteiger partial charge < -0.3 is 33.8 Å². The Morgan fingerprint density at radius 3 is 0.701 bits per heavy atom. The molecular weight excluding hydrogens is 1270 g/mol. The summed E-state index contributed by atoms with van der Waals surface area (Å²) in [6.45, 7) is 11.9. The highest BCUT2D eigenvalue weighted by Gasteiger charge is 2.30. The molecule has 0 bridgehead atoms. The van der Waals surface area contributed by atoms with E-state index >= 15 is 0 Å². The van der Waals surface area contributed by atoms with Crippen molar-refractivity contribution in [3.05, 3.63) is 0 Å². The predicted octanol–water partition coefficient (Wildman–Crippen LogP) is 23.0. The number of aliphatic hydroxyl groups is 1. The van der Waals surface area contributed by atoms with Crippen LogP contribution in [-0.4, -0.2) is 96.7 Å². The number of hydrogen-bond donors (Lipinski definition) is 3. The molecule has 19 heteroatoms. The highest BCUT2D eigenvalue weighted by molar-refractivity contribution is 7.47. The molecule has 0 saturated heterocycles. The minimum absolute atomic E-state index is 0.105. The second-order valence-electron chi connectivity index (χ2n) is 29.5. The van der Waals surface area contributed by atoms with Crippen LogP contribution in [0.5, 0.6) is 0 Å². The van der Waals surface area contributed by atoms with Crippen LogP contribution in [0, 0.1) is 17.8 Å². The summed E-state index contributed by atoms with van der Waals surface area (Å²) in [4.78, 5) is 72.8. The summed E-state index contributed by atoms with van der Waals surface area (Å²) in [6, 6.07) is 0. The van der Waals surface area contributed by atoms with Gasteiger partial charge in [0.05, 0.1) is 26.4 Å². The van der Waals surface area contributed by atoms with Gasteiger partial charge in [-0.15, -0.1) is 0 Å². The molecule has 0 heterocycles. The molecule has 5 atom stereocenters. The fraction of sp³-hybridized carbons (Fsp3) is 0.949. The number of carbonyl (C=O) groups is 4. The number of ether oxygens (including phenoxy) is 4. The van der Waals surface area contributed by atoms with Crippen molar-refractivity contribution >= 4 is 39.5 Å². The lowest BCUT2D eigenvalue weighted by Crippen LogP contribution is -2.30. The Morgan fingerprint density at radius 1 is 0.278 bits per heavy atom. The summed E-state index contributed by atoms with van der Waals surface area (Å²) in [5, 5.41) is 10.6. The molecule has 3 N–H and O–H groups in total. The molecule has 0 spiro atoms. The average molecular weight is 1420 g/mol. The molecule has 0 aliphatic heterocycles. The zero-order chi connectivity index (χ0) is 71.6. The largest absolute Gasteiger partial charge is 0.472 e. The van der Waals surface area contributed by atoms with Gasteiger partial charge in [-0.05, 0) is 43.4 Å². The first-order chi connectivity index (χ1) is 46.7. The molecule has 0 fully saturated rings. The maximum atomic E-state index is 13.1. The number of phosphoric ester groups is 2. The molecule has 0 aliphatic carbocycles. The van der Waals surface area contributed by atoms with E-state index in [1.165, 1.54) is 205 Å². The third-order valence-electron chi connectivity index (χ3n) is 18.1. The highest BCUT2D eigenvalue weighted by atomic mass is 31.2. The number of hydrogen-bond acceptors (Lipinski definition) is 15. The molecule has 0 aromatic heterocycles. The molecule has 0 radical (unpaired) electrons. The molecule has 17 nitrogen and oxygen atoms in total. The smallest absolute Gasteiger partial charge is 0.462 e. The summed E-state index contributed by atoms with van der Waals surface area (Å²) in [6.07, 6.45) is 55.7. The van der Waals surface area contributed by atoms with Crippen LogP contribution < -0.4 is 0 Å². The fourth-order valence-electron chi connectivity index (χ4n) is 12.0. The summed E-state index contributed by atoms with van der Waals surface area (Å²) >= 11 is 0. The first kappa shape index (κ1) is 95.1. The molecular formula is C78H152O17P2. The van der Waals surface area contributed by atoms with Crippen molar-refractivity contribution in [3.8, 4) is 0 Å². The molecule has 0 saturated carbocycles. The van der Waals surface area contributed by atoms with Crippen LogP contribution in [0.2, 0.25) is 0 Å². The van der Waals surface area contributed by atoms with Crippen molar-refractivity contribution in [2.75, 3.05) is 39.6 Å². The fourth-order valence-corrected chi connectivity index (χ4v) is 13.5. The summed E-state index contributed by atoms with van der Waals surface area (Å²) in [5.74, 6) is 0.230. The number of rotatable bonds is 76. The Kier molecular flexibility index (Phi) is 67.1. The zero-order valence-electron chi connectivity index (χ0n) is 63.5. The van der Waals surface area contributed by atoms with Crippen LogP contribution in [0.4, 0.5) is 0 Å². The van der Waals surface area contributed by atoms with E-state index in [4.69, 9.17) is 37.0 Å². The van der Waals surface area contributed by atoms with E-state index in [2.05, 4.69) is 48.5 Å². The van der Waals surface area contributed by atoms with Crippen molar-refractivity contribution in [1.29, 1.82) is 0 Å². The molecule has 0 amide bonds. The van der Waals surface area contributed by atoms with Crippen molar-refractivity contribution < 1.29 is 80.2 Å². The van der Waals surface area contributed by atoms with Gasteiger partial charge in [0, 0.05) is 25.7 Å². The molecule has 0 aromatic carbocycles. The average Bonchev–Trinajstić information content (AvgIpc) is 1.15. The molecule has 97 heavy (non-hydrogen) atoms. The molecule has 0 rings (SSSR count). The number of phosphoric acid groups is 2. The minimum atomic E-state index is -4.96. The van der Waals surface area contributed by atoms with E-state index in [9.17, 15) is 43.2 Å². The predicted molar refractivity (Wildman–Crippen MR) is 395 cm³/mol. The number of esters is 4. The van der Waals surface area contributed by atoms with Gasteiger partial charge in [-0.2, -0.15) is 0 Å². The van der Waals surface area contributed by atoms with Crippen LogP contribution in [0.15, 0.2) is 0 Å². The number of carbonyl (C=O) groups excluding carboxylic acids is 4. The van der Waals surface area contributed by atoms with Crippen molar-refractivity contribution in [3.63, 3.8) is 0 Å². The third kappa shape index (κ3) is 72.2. The van der Waals surface area contributed by atoms with Crippen LogP contribution >= 0.6 is 15.6 Å². The standard InChI is InChI=1S/C78H152O17P2/c1-8-9-10-11-12-38-45-52-59-75(80)88-65-73(95-78(83)62-55-48-41-34-28-31-37-44-51-58-71(6)7)67-92-96(84,85)90-63-72(79)64-91-97(86,87)93-68-74(66-89-76(81)60-53-46-39-32-26-23-19-21-25-30-36-43-50-57-70(4)5)94-77(82)61-54-47-40-33-27-22-18-16-14-13-15-17-20-24-29-35-42-49-56-69(2)3/h69-74,79H,8-68H2,1-7H3,(H,84,85)(H,86,87)/t72-,73+,74+/m0/s1. The maximum absolute atomic E-state index is 13.1. The quantitative estimate of drug-likeness (QED) is 0.0222. The van der Waals surface area contributed by atoms with E-state index in [0.29, 0.717) is 25.7 Å². The topological polar surface area (TPSA) is 237 Å². The van der Waals surface area contributed by atoms with E-state index in [-0.39, 0.29) is 25.7 Å². The lowest BCUT2D eigenvalue weighted by atomic mass is 10.0. The Balaban J connectivity index is 5.19. The van der Waals surface area contributed by atoms with Crippen molar-refractivity contribution in [1.82, 2.24) is 0 Å². The van der Waals surface area contributed by atoms with Gasteiger partial charge in [0.25, 0.3) is 0 Å². The first-order valence-corrected chi connectivity index (χ1v) is 43.3. The van der Waals surface area contributed by atoms with Crippen molar-refractivity contribution in [2.45, 2.75) is 420 Å². The summed E-state index contributed by atoms with van der Waals surface area (Å²) in [7, 11) is -9.91. The van der Waals surface area contributed by atoms with Crippen LogP contribution in [0.3, 0.4) is 0 Å². The molecule has 0 aromatic rings. The summed E-state index contributed by atoms with van der Waals surface area (Å²) < 4.78 is 68.5. The Morgan fingerprint density at radius 2 is 0.474 bits per heavy atom. The van der Waals surface area contributed by atoms with Crippen LogP contribution in [-0.2, 0) is 65.4 Å². The van der Waals surface area contributed by atoms with Crippen LogP contribution in [0.1, 0.15) is 402 Å². The van der Waals surface area contributed by atoms with Gasteiger partial charge in [-0.3, -0.25) is 37.3 Å². The van der Waals surface area contributed by atoms with E-state index in [1.807, 2.05) is 0 Å². The summed E-state index contributed by atoms with van der Waals surface area (Å²) in [5.41, 5.74) is 0. The van der Waals surface area contributed by atoms with Gasteiger partial charge in [-0.25, -0.2) is 9.13 Å². The second-order valence-corrected chi connectivity index (χ2v) is 32.4. The zero-order valence-corrected chi connectivity index (χ0v) is 65.3. The third-order valence-corrected chi connectivity index (χ3v) is 20.0. The molecule has 576 valence electrons. The lowest BCUT2D eigenvalue weighted by molar-refractivity contribution is -0.161. The van der Waals surface area contributed by atoms with Gasteiger partial charge in [0.2, 0.25) is 0 Å². The van der Waals surface area contributed by atoms with E-state index in [0.717, 1.165) is 114 Å². The second kappa shape index (κ2) is 68.5. The van der Waals surface area contributed by atoms with Gasteiger partial charge in [0.1, 0.15) is 19.3 Å². The normalized spacial score (nSPS) is 14.0. The van der Waals surface area contributed by atoms with E-state index in [1.54, 1.807) is 0 Å². The van der Waals surface area contributed by atoms with Crippen molar-refractivity contribution in [2.24, 2.45) is 17.8 Å². The Hall–Kier alpha value is -1.94. The van der Waals surface area contributed by atoms with Crippen LogP contribution in [0.25, 0.3) is 0 Å². The SMILES string of the molecule is CCCCCCCCCCC(=O)OC[C@H](COP(=O)(O)OC[C@H](O)COP(=O)(O)OC[C@@H](COC(=O)CCCCCCCCCCCCCCCC(C)C)OC(=O)CCCCCCCCCCCCCCCCCCCCC(C)C)OC(=O)CCCCCCCCCCCC(C)C. The molecule has 2 unspecified atom stereocenters. The minimum Gasteiger partial charge on any atom is -0.462 e. The van der Waals surface area contributed by atoms with E-state index < -0.39 is 97.5 Å². The number of aliphatic hydroxyl groups excluding tert-OH is 1. The monoisotopic (exact) mass is 1420 g/mol. The first-order valence-electron chi connectivity index (χ1n) is 40.3. The lowest BCUT2D eigenvalue weighted by Gasteiger charge is -2.21. The number of unbranched alkanes of at least 4 members (excludes halogenated alkanes) is 44. The van der Waals surface area contributed by atoms with Gasteiger partial charge in [-0.1, -0.05) is 350 Å². The molecule has 0 aliphatic rings.